The second-order valence-corrected chi connectivity index (χ2v) is 6.74. The number of anilines is 1. The van der Waals surface area contributed by atoms with Crippen molar-refractivity contribution in [3.05, 3.63) is 59.7 Å². The Hall–Kier alpha value is -2.53. The summed E-state index contributed by atoms with van der Waals surface area (Å²) < 4.78 is 0. The molecule has 1 fully saturated rings. The van der Waals surface area contributed by atoms with Gasteiger partial charge in [-0.25, -0.2) is 0 Å². The van der Waals surface area contributed by atoms with Gasteiger partial charge in [-0.05, 0) is 41.8 Å². The average Bonchev–Trinajstić information content (AvgIpc) is 2.68. The van der Waals surface area contributed by atoms with E-state index in [1.165, 1.54) is 11.1 Å². The fourth-order valence-electron chi connectivity index (χ4n) is 3.70. The molecule has 0 aliphatic carbocycles. The molecule has 1 unspecified atom stereocenters. The van der Waals surface area contributed by atoms with Gasteiger partial charge in [0.25, 0.3) is 0 Å². The molecule has 0 radical (unpaired) electrons. The Labute approximate surface area is 147 Å². The maximum atomic E-state index is 12.9. The Morgan fingerprint density at radius 3 is 2.36 bits per heavy atom. The van der Waals surface area contributed by atoms with E-state index in [0.717, 1.165) is 44.8 Å². The van der Waals surface area contributed by atoms with Gasteiger partial charge >= 0.3 is 0 Å². The highest BCUT2D eigenvalue weighted by molar-refractivity contribution is 5.83. The van der Waals surface area contributed by atoms with Gasteiger partial charge in [-0.3, -0.25) is 4.79 Å². The number of nitrogens with one attached hydrogen (secondary N) is 1. The van der Waals surface area contributed by atoms with E-state index < -0.39 is 0 Å². The van der Waals surface area contributed by atoms with Crippen molar-refractivity contribution in [1.82, 2.24) is 10.2 Å². The van der Waals surface area contributed by atoms with Crippen molar-refractivity contribution < 1.29 is 9.90 Å². The lowest BCUT2D eigenvalue weighted by Crippen LogP contribution is -2.55. The summed E-state index contributed by atoms with van der Waals surface area (Å²) in [6.07, 6.45) is 0.771. The van der Waals surface area contributed by atoms with Crippen LogP contribution >= 0.6 is 0 Å². The van der Waals surface area contributed by atoms with Crippen LogP contribution in [-0.2, 0) is 17.8 Å². The molecule has 2 aromatic carbocycles. The Bertz CT molecular complexity index is 752. The van der Waals surface area contributed by atoms with Gasteiger partial charge in [0.15, 0.2) is 0 Å². The van der Waals surface area contributed by atoms with Crippen molar-refractivity contribution in [2.75, 3.05) is 31.1 Å². The van der Waals surface area contributed by atoms with E-state index in [4.69, 9.17) is 0 Å². The van der Waals surface area contributed by atoms with Gasteiger partial charge < -0.3 is 20.2 Å². The minimum absolute atomic E-state index is 0.116. The minimum atomic E-state index is -0.116. The maximum absolute atomic E-state index is 12.9. The molecule has 25 heavy (non-hydrogen) atoms. The lowest BCUT2D eigenvalue weighted by molar-refractivity contribution is -0.134. The number of aromatic hydroxyl groups is 1. The molecule has 0 aromatic heterocycles. The van der Waals surface area contributed by atoms with E-state index in [1.807, 2.05) is 29.2 Å². The summed E-state index contributed by atoms with van der Waals surface area (Å²) in [6.45, 7) is 3.87. The van der Waals surface area contributed by atoms with Gasteiger partial charge in [0.2, 0.25) is 5.91 Å². The molecule has 0 spiro atoms. The first-order chi connectivity index (χ1) is 12.2. The van der Waals surface area contributed by atoms with Crippen LogP contribution in [0.3, 0.4) is 0 Å². The average molecular weight is 337 g/mol. The molecule has 2 N–H and O–H groups in total. The highest BCUT2D eigenvalue weighted by atomic mass is 16.3. The Morgan fingerprint density at radius 1 is 0.960 bits per heavy atom. The normalized spacial score (nSPS) is 20.2. The number of benzene rings is 2. The SMILES string of the molecule is O=C(C1Cc2ccccc2CN1)N1CCN(c2ccc(O)cc2)CC1. The number of carbonyl (C=O) groups excluding carboxylic acids is 1. The fourth-order valence-corrected chi connectivity index (χ4v) is 3.70. The molecule has 2 heterocycles. The zero-order chi connectivity index (χ0) is 17.2. The zero-order valence-corrected chi connectivity index (χ0v) is 14.2. The fraction of sp³-hybridized carbons (Fsp3) is 0.350. The van der Waals surface area contributed by atoms with Gasteiger partial charge in [0.1, 0.15) is 5.75 Å². The number of phenolic OH excluding ortho intramolecular Hbond substituents is 1. The Morgan fingerprint density at radius 2 is 1.64 bits per heavy atom. The van der Waals surface area contributed by atoms with E-state index >= 15 is 0 Å². The standard InChI is InChI=1S/C20H23N3O2/c24-18-7-5-17(6-8-18)22-9-11-23(12-10-22)20(25)19-13-15-3-1-2-4-16(15)14-21-19/h1-8,19,21,24H,9-14H2. The first-order valence-corrected chi connectivity index (χ1v) is 8.83. The molecule has 1 amide bonds. The molecule has 2 aliphatic heterocycles. The summed E-state index contributed by atoms with van der Waals surface area (Å²) in [5, 5.41) is 12.8. The number of hydrogen-bond donors (Lipinski definition) is 2. The molecule has 4 rings (SSSR count). The second kappa shape index (κ2) is 6.76. The Balaban J connectivity index is 1.36. The van der Waals surface area contributed by atoms with E-state index in [9.17, 15) is 9.90 Å². The first kappa shape index (κ1) is 16.0. The van der Waals surface area contributed by atoms with Crippen molar-refractivity contribution in [1.29, 1.82) is 0 Å². The third kappa shape index (κ3) is 3.33. The van der Waals surface area contributed by atoms with Crippen LogP contribution in [0, 0.1) is 0 Å². The monoisotopic (exact) mass is 337 g/mol. The topological polar surface area (TPSA) is 55.8 Å². The smallest absolute Gasteiger partial charge is 0.240 e. The predicted molar refractivity (Wildman–Crippen MR) is 97.7 cm³/mol. The lowest BCUT2D eigenvalue weighted by Gasteiger charge is -2.38. The molecular weight excluding hydrogens is 314 g/mol. The number of piperazine rings is 1. The number of nitrogens with zero attached hydrogens (tertiary/aromatic N) is 2. The van der Waals surface area contributed by atoms with E-state index in [2.05, 4.69) is 22.3 Å². The molecule has 2 aromatic rings. The molecule has 1 atom stereocenters. The third-order valence-corrected chi connectivity index (χ3v) is 5.19. The molecule has 5 heteroatoms. The summed E-state index contributed by atoms with van der Waals surface area (Å²) in [4.78, 5) is 17.1. The molecule has 5 nitrogen and oxygen atoms in total. The zero-order valence-electron chi connectivity index (χ0n) is 14.2. The van der Waals surface area contributed by atoms with Crippen LogP contribution in [0.4, 0.5) is 5.69 Å². The van der Waals surface area contributed by atoms with Crippen molar-refractivity contribution >= 4 is 11.6 Å². The summed E-state index contributed by atoms with van der Waals surface area (Å²) >= 11 is 0. The van der Waals surface area contributed by atoms with E-state index in [0.29, 0.717) is 0 Å². The summed E-state index contributed by atoms with van der Waals surface area (Å²) in [6, 6.07) is 15.5. The quantitative estimate of drug-likeness (QED) is 0.877. The van der Waals surface area contributed by atoms with Gasteiger partial charge in [-0.15, -0.1) is 0 Å². The lowest BCUT2D eigenvalue weighted by atomic mass is 9.95. The van der Waals surface area contributed by atoms with Gasteiger partial charge in [-0.2, -0.15) is 0 Å². The van der Waals surface area contributed by atoms with Crippen molar-refractivity contribution in [2.24, 2.45) is 0 Å². The molecule has 0 saturated carbocycles. The maximum Gasteiger partial charge on any atom is 0.240 e. The number of phenols is 1. The molecule has 1 saturated heterocycles. The number of carbonyl (C=O) groups is 1. The van der Waals surface area contributed by atoms with Crippen molar-refractivity contribution in [2.45, 2.75) is 19.0 Å². The number of hydrogen-bond acceptors (Lipinski definition) is 4. The van der Waals surface area contributed by atoms with Gasteiger partial charge in [-0.1, -0.05) is 24.3 Å². The van der Waals surface area contributed by atoms with Crippen LogP contribution in [0.25, 0.3) is 0 Å². The highest BCUT2D eigenvalue weighted by Gasteiger charge is 2.29. The summed E-state index contributed by atoms with van der Waals surface area (Å²) in [5.74, 6) is 0.487. The van der Waals surface area contributed by atoms with E-state index in [-0.39, 0.29) is 17.7 Å². The van der Waals surface area contributed by atoms with Crippen LogP contribution in [0.2, 0.25) is 0 Å². The first-order valence-electron chi connectivity index (χ1n) is 8.83. The number of amides is 1. The van der Waals surface area contributed by atoms with Crippen molar-refractivity contribution in [3.63, 3.8) is 0 Å². The van der Waals surface area contributed by atoms with Gasteiger partial charge in [0, 0.05) is 38.4 Å². The molecule has 130 valence electrons. The summed E-state index contributed by atoms with van der Waals surface area (Å²) in [7, 11) is 0. The Kier molecular flexibility index (Phi) is 4.32. The van der Waals surface area contributed by atoms with Gasteiger partial charge in [0.05, 0.1) is 6.04 Å². The minimum Gasteiger partial charge on any atom is -0.508 e. The second-order valence-electron chi connectivity index (χ2n) is 6.74. The molecule has 2 aliphatic rings. The largest absolute Gasteiger partial charge is 0.508 e. The van der Waals surface area contributed by atoms with Crippen LogP contribution in [-0.4, -0.2) is 48.1 Å². The summed E-state index contributed by atoms with van der Waals surface area (Å²) in [5.41, 5.74) is 3.67. The number of rotatable bonds is 2. The molecular formula is C20H23N3O2. The molecule has 0 bridgehead atoms. The predicted octanol–water partition coefficient (Wildman–Crippen LogP) is 1.76. The number of fused-ring (bicyclic) bond motifs is 1. The van der Waals surface area contributed by atoms with Crippen LogP contribution in [0.15, 0.2) is 48.5 Å². The highest BCUT2D eigenvalue weighted by Crippen LogP contribution is 2.21. The van der Waals surface area contributed by atoms with Crippen LogP contribution in [0.1, 0.15) is 11.1 Å². The third-order valence-electron chi connectivity index (χ3n) is 5.19. The van der Waals surface area contributed by atoms with E-state index in [1.54, 1.807) is 12.1 Å². The van der Waals surface area contributed by atoms with Crippen LogP contribution in [0.5, 0.6) is 5.75 Å². The van der Waals surface area contributed by atoms with Crippen LogP contribution < -0.4 is 10.2 Å². The van der Waals surface area contributed by atoms with Crippen molar-refractivity contribution in [3.8, 4) is 5.75 Å².